The number of carbonyl (C=O) groups excluding carboxylic acids is 2. The average Bonchev–Trinajstić information content (AvgIpc) is 2.60. The third kappa shape index (κ3) is 5.52. The Morgan fingerprint density at radius 3 is 2.30 bits per heavy atom. The standard InChI is InChI=1S/C20H22FN3O2.ClH/c1-13(16-11-22-12-16)19(25)23-10-14-2-4-15(5-3-14)20(26)24-18-8-6-17(21)7-9-18;/h2-9,13,16,22H,10-12H2,1H3,(H,23,25)(H,24,26);1H. The van der Waals surface area contributed by atoms with Crippen LogP contribution in [0.25, 0.3) is 0 Å². The van der Waals surface area contributed by atoms with Gasteiger partial charge in [0.05, 0.1) is 0 Å². The van der Waals surface area contributed by atoms with Crippen LogP contribution in [0.4, 0.5) is 10.1 Å². The van der Waals surface area contributed by atoms with Crippen molar-refractivity contribution in [3.63, 3.8) is 0 Å². The van der Waals surface area contributed by atoms with Crippen molar-refractivity contribution in [2.24, 2.45) is 11.8 Å². The highest BCUT2D eigenvalue weighted by atomic mass is 35.5. The molecule has 27 heavy (non-hydrogen) atoms. The van der Waals surface area contributed by atoms with E-state index in [9.17, 15) is 14.0 Å². The van der Waals surface area contributed by atoms with Crippen molar-refractivity contribution >= 4 is 29.9 Å². The first kappa shape index (κ1) is 20.9. The number of amides is 2. The number of rotatable bonds is 6. The number of halogens is 2. The first-order valence-corrected chi connectivity index (χ1v) is 8.67. The van der Waals surface area contributed by atoms with E-state index in [1.165, 1.54) is 24.3 Å². The van der Waals surface area contributed by atoms with Crippen LogP contribution >= 0.6 is 12.4 Å². The molecule has 3 N–H and O–H groups in total. The number of carbonyl (C=O) groups is 2. The third-order valence-corrected chi connectivity index (χ3v) is 4.72. The SMILES string of the molecule is CC(C(=O)NCc1ccc(C(=O)Nc2ccc(F)cc2)cc1)C1CNC1.Cl. The fourth-order valence-electron chi connectivity index (χ4n) is 2.74. The van der Waals surface area contributed by atoms with Crippen LogP contribution in [0.15, 0.2) is 48.5 Å². The van der Waals surface area contributed by atoms with Crippen molar-refractivity contribution in [1.29, 1.82) is 0 Å². The largest absolute Gasteiger partial charge is 0.352 e. The Morgan fingerprint density at radius 1 is 1.11 bits per heavy atom. The van der Waals surface area contributed by atoms with E-state index < -0.39 is 0 Å². The minimum Gasteiger partial charge on any atom is -0.352 e. The van der Waals surface area contributed by atoms with Crippen molar-refractivity contribution in [1.82, 2.24) is 10.6 Å². The molecule has 144 valence electrons. The molecule has 3 rings (SSSR count). The molecular formula is C20H23ClFN3O2. The van der Waals surface area contributed by atoms with E-state index in [0.29, 0.717) is 23.7 Å². The third-order valence-electron chi connectivity index (χ3n) is 4.72. The zero-order valence-corrected chi connectivity index (χ0v) is 15.8. The molecule has 0 aromatic heterocycles. The van der Waals surface area contributed by atoms with Crippen molar-refractivity contribution in [3.8, 4) is 0 Å². The van der Waals surface area contributed by atoms with E-state index in [-0.39, 0.29) is 36.0 Å². The Kier molecular flexibility index (Phi) is 7.33. The Labute approximate surface area is 164 Å². The molecule has 0 radical (unpaired) electrons. The summed E-state index contributed by atoms with van der Waals surface area (Å²) in [6, 6.07) is 12.7. The van der Waals surface area contributed by atoms with Crippen LogP contribution in [0, 0.1) is 17.7 Å². The summed E-state index contributed by atoms with van der Waals surface area (Å²) < 4.78 is 12.9. The molecule has 1 saturated heterocycles. The van der Waals surface area contributed by atoms with Crippen LogP contribution in [-0.4, -0.2) is 24.9 Å². The molecule has 7 heteroatoms. The van der Waals surface area contributed by atoms with Gasteiger partial charge in [0.1, 0.15) is 5.82 Å². The number of hydrogen-bond acceptors (Lipinski definition) is 3. The first-order valence-electron chi connectivity index (χ1n) is 8.67. The lowest BCUT2D eigenvalue weighted by Gasteiger charge is -2.31. The Bertz CT molecular complexity index is 777. The maximum atomic E-state index is 12.9. The number of nitrogens with one attached hydrogen (secondary N) is 3. The van der Waals surface area contributed by atoms with Gasteiger partial charge in [-0.3, -0.25) is 9.59 Å². The smallest absolute Gasteiger partial charge is 0.255 e. The minimum atomic E-state index is -0.350. The molecule has 1 fully saturated rings. The maximum Gasteiger partial charge on any atom is 0.255 e. The Morgan fingerprint density at radius 2 is 1.74 bits per heavy atom. The van der Waals surface area contributed by atoms with Gasteiger partial charge in [0.15, 0.2) is 0 Å². The lowest BCUT2D eigenvalue weighted by molar-refractivity contribution is -0.126. The van der Waals surface area contributed by atoms with Crippen LogP contribution in [0.2, 0.25) is 0 Å². The zero-order chi connectivity index (χ0) is 18.5. The van der Waals surface area contributed by atoms with Crippen molar-refractivity contribution in [3.05, 3.63) is 65.5 Å². The van der Waals surface area contributed by atoms with Crippen LogP contribution in [0.1, 0.15) is 22.8 Å². The van der Waals surface area contributed by atoms with Gasteiger partial charge in [-0.1, -0.05) is 19.1 Å². The van der Waals surface area contributed by atoms with E-state index in [4.69, 9.17) is 0 Å². The molecule has 5 nitrogen and oxygen atoms in total. The van der Waals surface area contributed by atoms with Gasteiger partial charge < -0.3 is 16.0 Å². The van der Waals surface area contributed by atoms with Crippen LogP contribution in [0.5, 0.6) is 0 Å². The summed E-state index contributed by atoms with van der Waals surface area (Å²) in [6.45, 7) is 4.17. The van der Waals surface area contributed by atoms with Crippen LogP contribution < -0.4 is 16.0 Å². The molecule has 1 heterocycles. The normalized spacial score (nSPS) is 14.4. The summed E-state index contributed by atoms with van der Waals surface area (Å²) in [5.74, 6) is -0.158. The molecule has 0 bridgehead atoms. The second-order valence-electron chi connectivity index (χ2n) is 6.58. The van der Waals surface area contributed by atoms with E-state index in [1.54, 1.807) is 12.1 Å². The molecule has 2 aromatic rings. The molecule has 1 aliphatic heterocycles. The highest BCUT2D eigenvalue weighted by Crippen LogP contribution is 2.16. The van der Waals surface area contributed by atoms with Gasteiger partial charge in [0.25, 0.3) is 5.91 Å². The molecule has 1 aliphatic rings. The van der Waals surface area contributed by atoms with Gasteiger partial charge in [0, 0.05) is 23.7 Å². The predicted octanol–water partition coefficient (Wildman–Crippen LogP) is 2.97. The van der Waals surface area contributed by atoms with E-state index in [1.807, 2.05) is 19.1 Å². The highest BCUT2D eigenvalue weighted by molar-refractivity contribution is 6.04. The van der Waals surface area contributed by atoms with Gasteiger partial charge in [0.2, 0.25) is 5.91 Å². The highest BCUT2D eigenvalue weighted by Gasteiger charge is 2.28. The van der Waals surface area contributed by atoms with Gasteiger partial charge >= 0.3 is 0 Å². The summed E-state index contributed by atoms with van der Waals surface area (Å²) in [5.41, 5.74) is 1.96. The topological polar surface area (TPSA) is 70.2 Å². The predicted molar refractivity (Wildman–Crippen MR) is 105 cm³/mol. The fraction of sp³-hybridized carbons (Fsp3) is 0.300. The van der Waals surface area contributed by atoms with E-state index in [2.05, 4.69) is 16.0 Å². The Balaban J connectivity index is 0.00000261. The van der Waals surface area contributed by atoms with Crippen LogP contribution in [-0.2, 0) is 11.3 Å². The molecule has 0 aliphatic carbocycles. The van der Waals surface area contributed by atoms with Gasteiger partial charge in [-0.2, -0.15) is 0 Å². The molecule has 0 spiro atoms. The monoisotopic (exact) mass is 391 g/mol. The van der Waals surface area contributed by atoms with Gasteiger partial charge in [-0.15, -0.1) is 12.4 Å². The second-order valence-corrected chi connectivity index (χ2v) is 6.58. The quantitative estimate of drug-likeness (QED) is 0.709. The molecule has 2 amide bonds. The Hall–Kier alpha value is -2.44. The van der Waals surface area contributed by atoms with Crippen LogP contribution in [0.3, 0.4) is 0 Å². The molecule has 1 atom stereocenters. The van der Waals surface area contributed by atoms with Crippen molar-refractivity contribution < 1.29 is 14.0 Å². The van der Waals surface area contributed by atoms with Gasteiger partial charge in [-0.05, 0) is 61.0 Å². The summed E-state index contributed by atoms with van der Waals surface area (Å²) >= 11 is 0. The summed E-state index contributed by atoms with van der Waals surface area (Å²) in [5, 5.41) is 8.82. The van der Waals surface area contributed by atoms with E-state index >= 15 is 0 Å². The summed E-state index contributed by atoms with van der Waals surface area (Å²) in [6.07, 6.45) is 0. The number of benzene rings is 2. The molecule has 2 aromatic carbocycles. The molecule has 1 unspecified atom stereocenters. The maximum absolute atomic E-state index is 12.9. The van der Waals surface area contributed by atoms with Crippen molar-refractivity contribution in [2.45, 2.75) is 13.5 Å². The fourth-order valence-corrected chi connectivity index (χ4v) is 2.74. The lowest BCUT2D eigenvalue weighted by atomic mass is 9.88. The summed E-state index contributed by atoms with van der Waals surface area (Å²) in [7, 11) is 0. The van der Waals surface area contributed by atoms with Gasteiger partial charge in [-0.25, -0.2) is 4.39 Å². The first-order chi connectivity index (χ1) is 12.5. The number of hydrogen-bond donors (Lipinski definition) is 3. The molecule has 0 saturated carbocycles. The molecular weight excluding hydrogens is 369 g/mol. The lowest BCUT2D eigenvalue weighted by Crippen LogP contribution is -2.49. The van der Waals surface area contributed by atoms with E-state index in [0.717, 1.165) is 18.7 Å². The second kappa shape index (κ2) is 9.48. The average molecular weight is 392 g/mol. The minimum absolute atomic E-state index is 0. The van der Waals surface area contributed by atoms with Crippen molar-refractivity contribution in [2.75, 3.05) is 18.4 Å². The summed E-state index contributed by atoms with van der Waals surface area (Å²) in [4.78, 5) is 24.3. The number of anilines is 1. The zero-order valence-electron chi connectivity index (χ0n) is 15.0.